The van der Waals surface area contributed by atoms with Gasteiger partial charge in [0.1, 0.15) is 0 Å². The maximum absolute atomic E-state index is 8.59. The quantitative estimate of drug-likeness (QED) is 0.545. The normalized spacial score (nSPS) is 16.7. The minimum atomic E-state index is 0.866. The van der Waals surface area contributed by atoms with E-state index in [-0.39, 0.29) is 0 Å². The smallest absolute Gasteiger partial charge is 0.0915 e. The van der Waals surface area contributed by atoms with Gasteiger partial charge in [-0.15, -0.1) is 0 Å². The van der Waals surface area contributed by atoms with E-state index in [1.54, 1.807) is 6.08 Å². The highest BCUT2D eigenvalue weighted by Crippen LogP contribution is 2.27. The molecule has 0 saturated heterocycles. The zero-order valence-corrected chi connectivity index (χ0v) is 7.20. The second-order valence-corrected chi connectivity index (χ2v) is 2.99. The SMILES string of the molecule is N#CC=C1CC=Cc2ccccc21. The van der Waals surface area contributed by atoms with Gasteiger partial charge in [-0.3, -0.25) is 0 Å². The Kier molecular flexibility index (Phi) is 1.97. The van der Waals surface area contributed by atoms with Crippen molar-refractivity contribution in [3.05, 3.63) is 47.5 Å². The van der Waals surface area contributed by atoms with E-state index in [1.807, 2.05) is 12.1 Å². The van der Waals surface area contributed by atoms with E-state index in [0.29, 0.717) is 0 Å². The summed E-state index contributed by atoms with van der Waals surface area (Å²) in [5.41, 5.74) is 3.50. The van der Waals surface area contributed by atoms with Crippen molar-refractivity contribution in [2.45, 2.75) is 6.42 Å². The molecule has 1 aromatic rings. The van der Waals surface area contributed by atoms with E-state index in [2.05, 4.69) is 30.4 Å². The first kappa shape index (κ1) is 7.82. The number of allylic oxidation sites excluding steroid dienone is 3. The van der Waals surface area contributed by atoms with Gasteiger partial charge in [-0.2, -0.15) is 5.26 Å². The lowest BCUT2D eigenvalue weighted by molar-refractivity contribution is 1.35. The lowest BCUT2D eigenvalue weighted by Crippen LogP contribution is -1.91. The Balaban J connectivity index is 2.57. The van der Waals surface area contributed by atoms with Gasteiger partial charge in [0.25, 0.3) is 0 Å². The van der Waals surface area contributed by atoms with Gasteiger partial charge in [-0.25, -0.2) is 0 Å². The molecule has 0 aliphatic heterocycles. The van der Waals surface area contributed by atoms with Crippen LogP contribution in [0.4, 0.5) is 0 Å². The molecule has 1 heteroatoms. The number of hydrogen-bond acceptors (Lipinski definition) is 1. The zero-order valence-electron chi connectivity index (χ0n) is 7.20. The molecule has 0 N–H and O–H groups in total. The summed E-state index contributed by atoms with van der Waals surface area (Å²) in [5.74, 6) is 0. The molecule has 13 heavy (non-hydrogen) atoms. The van der Waals surface area contributed by atoms with Crippen LogP contribution in [0.3, 0.4) is 0 Å². The van der Waals surface area contributed by atoms with Gasteiger partial charge in [0.15, 0.2) is 0 Å². The van der Waals surface area contributed by atoms with E-state index >= 15 is 0 Å². The average Bonchev–Trinajstić information content (AvgIpc) is 2.19. The van der Waals surface area contributed by atoms with E-state index in [1.165, 1.54) is 11.1 Å². The summed E-state index contributed by atoms with van der Waals surface area (Å²) in [6.45, 7) is 0. The number of rotatable bonds is 0. The van der Waals surface area contributed by atoms with Crippen molar-refractivity contribution in [2.75, 3.05) is 0 Å². The Morgan fingerprint density at radius 2 is 2.15 bits per heavy atom. The van der Waals surface area contributed by atoms with Crippen LogP contribution in [0.1, 0.15) is 17.5 Å². The van der Waals surface area contributed by atoms with Gasteiger partial charge < -0.3 is 0 Å². The molecule has 1 aliphatic rings. The van der Waals surface area contributed by atoms with Crippen molar-refractivity contribution in [1.82, 2.24) is 0 Å². The summed E-state index contributed by atoms with van der Waals surface area (Å²) in [6, 6.07) is 10.2. The molecular formula is C12H9N. The average molecular weight is 167 g/mol. The molecular weight excluding hydrogens is 158 g/mol. The molecule has 2 rings (SSSR count). The van der Waals surface area contributed by atoms with Crippen molar-refractivity contribution < 1.29 is 0 Å². The van der Waals surface area contributed by atoms with Gasteiger partial charge in [-0.05, 0) is 23.1 Å². The summed E-state index contributed by atoms with van der Waals surface area (Å²) >= 11 is 0. The highest BCUT2D eigenvalue weighted by Gasteiger charge is 2.07. The summed E-state index contributed by atoms with van der Waals surface area (Å²) in [5, 5.41) is 8.59. The maximum Gasteiger partial charge on any atom is 0.0915 e. The van der Waals surface area contributed by atoms with Crippen LogP contribution in [0, 0.1) is 11.3 Å². The zero-order chi connectivity index (χ0) is 9.10. The molecule has 0 heterocycles. The Morgan fingerprint density at radius 3 is 3.00 bits per heavy atom. The fourth-order valence-electron chi connectivity index (χ4n) is 1.57. The first-order valence-electron chi connectivity index (χ1n) is 4.26. The fraction of sp³-hybridized carbons (Fsp3) is 0.0833. The van der Waals surface area contributed by atoms with Crippen molar-refractivity contribution in [1.29, 1.82) is 5.26 Å². The summed E-state index contributed by atoms with van der Waals surface area (Å²) in [4.78, 5) is 0. The maximum atomic E-state index is 8.59. The Bertz CT molecular complexity index is 419. The van der Waals surface area contributed by atoms with E-state index in [9.17, 15) is 0 Å². The largest absolute Gasteiger partial charge is 0.193 e. The number of hydrogen-bond donors (Lipinski definition) is 0. The van der Waals surface area contributed by atoms with Crippen LogP contribution in [0.5, 0.6) is 0 Å². The summed E-state index contributed by atoms with van der Waals surface area (Å²) in [6.07, 6.45) is 6.68. The highest BCUT2D eigenvalue weighted by atomic mass is 14.2. The molecule has 0 aromatic heterocycles. The number of benzene rings is 1. The van der Waals surface area contributed by atoms with E-state index in [4.69, 9.17) is 5.26 Å². The standard InChI is InChI=1S/C12H9N/c13-9-8-11-6-3-5-10-4-1-2-7-12(10)11/h1-5,7-8H,6H2. The third-order valence-corrected chi connectivity index (χ3v) is 2.18. The molecule has 0 bridgehead atoms. The van der Waals surface area contributed by atoms with Crippen LogP contribution in [0.15, 0.2) is 36.4 Å². The monoisotopic (exact) mass is 167 g/mol. The molecule has 0 fully saturated rings. The van der Waals surface area contributed by atoms with Gasteiger partial charge in [-0.1, -0.05) is 36.4 Å². The molecule has 1 aromatic carbocycles. The summed E-state index contributed by atoms with van der Waals surface area (Å²) in [7, 11) is 0. The van der Waals surface area contributed by atoms with Gasteiger partial charge >= 0.3 is 0 Å². The van der Waals surface area contributed by atoms with Gasteiger partial charge in [0, 0.05) is 6.08 Å². The molecule has 0 spiro atoms. The lowest BCUT2D eigenvalue weighted by Gasteiger charge is -2.12. The Labute approximate surface area is 77.6 Å². The Morgan fingerprint density at radius 1 is 1.31 bits per heavy atom. The van der Waals surface area contributed by atoms with Crippen LogP contribution in [0.2, 0.25) is 0 Å². The predicted molar refractivity (Wildman–Crippen MR) is 53.7 cm³/mol. The topological polar surface area (TPSA) is 23.8 Å². The first-order chi connectivity index (χ1) is 6.42. The third kappa shape index (κ3) is 1.39. The molecule has 0 atom stereocenters. The van der Waals surface area contributed by atoms with Crippen molar-refractivity contribution in [3.63, 3.8) is 0 Å². The minimum absolute atomic E-state index is 0.866. The molecule has 0 amide bonds. The van der Waals surface area contributed by atoms with Crippen LogP contribution < -0.4 is 0 Å². The lowest BCUT2D eigenvalue weighted by atomic mass is 9.92. The van der Waals surface area contributed by atoms with Gasteiger partial charge in [0.2, 0.25) is 0 Å². The second-order valence-electron chi connectivity index (χ2n) is 2.99. The Hall–Kier alpha value is -1.81. The van der Waals surface area contributed by atoms with Crippen LogP contribution in [-0.4, -0.2) is 0 Å². The second kappa shape index (κ2) is 3.28. The van der Waals surface area contributed by atoms with Crippen LogP contribution >= 0.6 is 0 Å². The number of nitrogens with zero attached hydrogens (tertiary/aromatic N) is 1. The van der Waals surface area contributed by atoms with Gasteiger partial charge in [0.05, 0.1) is 6.07 Å². The van der Waals surface area contributed by atoms with Crippen molar-refractivity contribution in [3.8, 4) is 6.07 Å². The molecule has 0 unspecified atom stereocenters. The van der Waals surface area contributed by atoms with Crippen molar-refractivity contribution in [2.24, 2.45) is 0 Å². The van der Waals surface area contributed by atoms with Crippen molar-refractivity contribution >= 4 is 11.6 Å². The van der Waals surface area contributed by atoms with Crippen LogP contribution in [-0.2, 0) is 0 Å². The van der Waals surface area contributed by atoms with E-state index in [0.717, 1.165) is 12.0 Å². The fourth-order valence-corrected chi connectivity index (χ4v) is 1.57. The highest BCUT2D eigenvalue weighted by molar-refractivity contribution is 5.80. The molecule has 62 valence electrons. The third-order valence-electron chi connectivity index (χ3n) is 2.18. The van der Waals surface area contributed by atoms with E-state index < -0.39 is 0 Å². The predicted octanol–water partition coefficient (Wildman–Crippen LogP) is 3.01. The molecule has 1 aliphatic carbocycles. The first-order valence-corrected chi connectivity index (χ1v) is 4.26. The van der Waals surface area contributed by atoms with Crippen LogP contribution in [0.25, 0.3) is 11.6 Å². The number of nitriles is 1. The minimum Gasteiger partial charge on any atom is -0.193 e. The summed E-state index contributed by atoms with van der Waals surface area (Å²) < 4.78 is 0. The number of fused-ring (bicyclic) bond motifs is 1. The molecule has 0 saturated carbocycles. The molecule has 1 nitrogen and oxygen atoms in total. The molecule has 0 radical (unpaired) electrons.